The van der Waals surface area contributed by atoms with E-state index >= 15 is 0 Å². The summed E-state index contributed by atoms with van der Waals surface area (Å²) in [5.74, 6) is 0.423. The van der Waals surface area contributed by atoms with Crippen molar-refractivity contribution in [3.63, 3.8) is 0 Å². The fourth-order valence-electron chi connectivity index (χ4n) is 6.02. The molecule has 6 rings (SSSR count). The van der Waals surface area contributed by atoms with Crippen LogP contribution in [-0.4, -0.2) is 85.7 Å². The predicted octanol–water partition coefficient (Wildman–Crippen LogP) is 5.38. The first-order valence-corrected chi connectivity index (χ1v) is 15.6. The van der Waals surface area contributed by atoms with Gasteiger partial charge in [-0.1, -0.05) is 6.07 Å². The molecule has 3 aromatic heterocycles. The van der Waals surface area contributed by atoms with Crippen LogP contribution >= 0.6 is 0 Å². The van der Waals surface area contributed by atoms with Crippen molar-refractivity contribution in [2.45, 2.75) is 63.5 Å². The Morgan fingerprint density at radius 3 is 2.51 bits per heavy atom. The van der Waals surface area contributed by atoms with Crippen molar-refractivity contribution in [1.82, 2.24) is 34.4 Å². The fraction of sp³-hybridized carbons (Fsp3) is 0.469. The van der Waals surface area contributed by atoms with Gasteiger partial charge in [0, 0.05) is 49.5 Å². The molecule has 47 heavy (non-hydrogen) atoms. The largest absolute Gasteiger partial charge is 0.487 e. The lowest BCUT2D eigenvalue weighted by Gasteiger charge is -2.38. The maximum Gasteiger partial charge on any atom is 0.422 e. The van der Waals surface area contributed by atoms with Crippen molar-refractivity contribution in [1.29, 1.82) is 5.26 Å². The topological polar surface area (TPSA) is 128 Å². The number of rotatable bonds is 11. The van der Waals surface area contributed by atoms with E-state index in [-0.39, 0.29) is 29.7 Å². The number of morpholine rings is 1. The van der Waals surface area contributed by atoms with Crippen molar-refractivity contribution in [2.75, 3.05) is 38.2 Å². The van der Waals surface area contributed by atoms with E-state index in [0.717, 1.165) is 57.6 Å². The molecule has 4 aromatic rings. The van der Waals surface area contributed by atoms with Crippen LogP contribution in [0.3, 0.4) is 0 Å². The first kappa shape index (κ1) is 32.3. The van der Waals surface area contributed by atoms with Gasteiger partial charge in [0.2, 0.25) is 5.95 Å². The number of alkyl halides is 3. The number of hydrogen-bond donors (Lipinski definition) is 1. The molecule has 0 bridgehead atoms. The number of hydrogen-bond acceptors (Lipinski definition) is 10. The molecule has 4 heterocycles. The van der Waals surface area contributed by atoms with Gasteiger partial charge in [-0.15, -0.1) is 5.10 Å². The Bertz CT molecular complexity index is 1640. The first-order valence-electron chi connectivity index (χ1n) is 15.6. The number of nitrogens with zero attached hydrogens (tertiary/aromatic N) is 8. The smallest absolute Gasteiger partial charge is 0.422 e. The standard InChI is InChI=1S/C32H36F3N9O3/c1-22(19-43-10-2-9-39-43)47-29-15-23(3-4-24(29)16-36)25-17-37-31(38-18-25)40-28-20-44(41-30(28)46-21-32(33,34)35)27-7-5-26(6-8-27)42-11-13-45-14-12-42/h2-4,9-10,15,17-18,20,22,26-27H,5-8,11-14,19,21H2,1H3,(H,37,38,40)/t22-,26?,27?/m0/s1. The summed E-state index contributed by atoms with van der Waals surface area (Å²) in [6.07, 6.45) is 7.24. The maximum absolute atomic E-state index is 13.1. The number of ether oxygens (including phenoxy) is 3. The summed E-state index contributed by atoms with van der Waals surface area (Å²) < 4.78 is 59.3. The Hall–Kier alpha value is -4.68. The minimum absolute atomic E-state index is 0.0365. The Morgan fingerprint density at radius 1 is 1.09 bits per heavy atom. The zero-order chi connectivity index (χ0) is 32.8. The maximum atomic E-state index is 13.1. The zero-order valence-electron chi connectivity index (χ0n) is 25.9. The number of anilines is 2. The molecule has 15 heteroatoms. The lowest BCUT2D eigenvalue weighted by Crippen LogP contribution is -2.45. The Balaban J connectivity index is 1.15. The van der Waals surface area contributed by atoms with Crippen LogP contribution in [0.5, 0.6) is 11.6 Å². The van der Waals surface area contributed by atoms with E-state index in [1.165, 1.54) is 0 Å². The van der Waals surface area contributed by atoms with Crippen molar-refractivity contribution >= 4 is 11.6 Å². The van der Waals surface area contributed by atoms with Gasteiger partial charge in [-0.2, -0.15) is 23.5 Å². The minimum Gasteiger partial charge on any atom is -0.487 e. The van der Waals surface area contributed by atoms with Crippen molar-refractivity contribution in [3.05, 3.63) is 60.8 Å². The molecule has 1 atom stereocenters. The lowest BCUT2D eigenvalue weighted by molar-refractivity contribution is -0.154. The minimum atomic E-state index is -4.52. The van der Waals surface area contributed by atoms with Gasteiger partial charge >= 0.3 is 6.18 Å². The van der Waals surface area contributed by atoms with Crippen LogP contribution in [0.25, 0.3) is 11.1 Å². The van der Waals surface area contributed by atoms with Gasteiger partial charge in [-0.25, -0.2) is 9.97 Å². The molecular weight excluding hydrogens is 615 g/mol. The lowest BCUT2D eigenvalue weighted by atomic mass is 9.90. The monoisotopic (exact) mass is 651 g/mol. The van der Waals surface area contributed by atoms with Crippen LogP contribution in [0.1, 0.15) is 44.2 Å². The van der Waals surface area contributed by atoms with Gasteiger partial charge in [0.15, 0.2) is 6.61 Å². The average Bonchev–Trinajstić information content (AvgIpc) is 3.74. The predicted molar refractivity (Wildman–Crippen MR) is 165 cm³/mol. The second-order valence-electron chi connectivity index (χ2n) is 11.7. The second kappa shape index (κ2) is 14.4. The van der Waals surface area contributed by atoms with Crippen LogP contribution in [0, 0.1) is 11.3 Å². The highest BCUT2D eigenvalue weighted by atomic mass is 19.4. The van der Waals surface area contributed by atoms with Crippen molar-refractivity contribution < 1.29 is 27.4 Å². The number of nitrogens with one attached hydrogen (secondary N) is 1. The third-order valence-electron chi connectivity index (χ3n) is 8.34. The molecule has 1 saturated carbocycles. The summed E-state index contributed by atoms with van der Waals surface area (Å²) in [7, 11) is 0. The highest BCUT2D eigenvalue weighted by molar-refractivity contribution is 5.67. The molecule has 2 aliphatic rings. The molecule has 1 aliphatic carbocycles. The summed E-state index contributed by atoms with van der Waals surface area (Å²) in [4.78, 5) is 11.3. The quantitative estimate of drug-likeness (QED) is 0.226. The first-order chi connectivity index (χ1) is 22.7. The van der Waals surface area contributed by atoms with Crippen LogP contribution in [0.2, 0.25) is 0 Å². The van der Waals surface area contributed by atoms with Gasteiger partial charge in [0.25, 0.3) is 5.88 Å². The highest BCUT2D eigenvalue weighted by Crippen LogP contribution is 2.35. The molecular formula is C32H36F3N9O3. The molecule has 1 N–H and O–H groups in total. The summed E-state index contributed by atoms with van der Waals surface area (Å²) in [6.45, 7) is 4.26. The number of aromatic nitrogens is 6. The third-order valence-corrected chi connectivity index (χ3v) is 8.34. The Kier molecular flexibility index (Phi) is 9.88. The summed E-state index contributed by atoms with van der Waals surface area (Å²) in [6, 6.07) is 9.69. The van der Waals surface area contributed by atoms with Gasteiger partial charge in [-0.3, -0.25) is 14.3 Å². The Labute approximate surface area is 270 Å². The van der Waals surface area contributed by atoms with Gasteiger partial charge < -0.3 is 19.5 Å². The van der Waals surface area contributed by atoms with E-state index in [2.05, 4.69) is 36.5 Å². The van der Waals surface area contributed by atoms with Gasteiger partial charge in [-0.05, 0) is 56.4 Å². The zero-order valence-corrected chi connectivity index (χ0v) is 25.9. The molecule has 1 saturated heterocycles. The molecule has 0 spiro atoms. The highest BCUT2D eigenvalue weighted by Gasteiger charge is 2.32. The van der Waals surface area contributed by atoms with Crippen LogP contribution in [0.4, 0.5) is 24.8 Å². The van der Waals surface area contributed by atoms with Crippen molar-refractivity contribution in [2.24, 2.45) is 0 Å². The van der Waals surface area contributed by atoms with Gasteiger partial charge in [0.1, 0.15) is 23.6 Å². The van der Waals surface area contributed by atoms with Crippen molar-refractivity contribution in [3.8, 4) is 28.8 Å². The molecule has 1 aromatic carbocycles. The van der Waals surface area contributed by atoms with Crippen LogP contribution < -0.4 is 14.8 Å². The molecule has 0 unspecified atom stereocenters. The average molecular weight is 652 g/mol. The molecule has 0 amide bonds. The SMILES string of the molecule is C[C@@H](Cn1cccn1)Oc1cc(-c2cnc(Nc3cn(C4CCC(N5CCOCC5)CC4)nc3OCC(F)(F)F)nc2)ccc1C#N. The molecule has 0 radical (unpaired) electrons. The molecule has 1 aliphatic heterocycles. The normalized spacial score (nSPS) is 19.6. The molecule has 2 fully saturated rings. The second-order valence-corrected chi connectivity index (χ2v) is 11.7. The molecule has 12 nitrogen and oxygen atoms in total. The van der Waals surface area contributed by atoms with Crippen LogP contribution in [-0.2, 0) is 11.3 Å². The number of halogens is 3. The fourth-order valence-corrected chi connectivity index (χ4v) is 6.02. The van der Waals surface area contributed by atoms with E-state index < -0.39 is 12.8 Å². The summed E-state index contributed by atoms with van der Waals surface area (Å²) >= 11 is 0. The van der Waals surface area contributed by atoms with E-state index in [9.17, 15) is 18.4 Å². The van der Waals surface area contributed by atoms with E-state index in [1.54, 1.807) is 52.4 Å². The Morgan fingerprint density at radius 2 is 1.83 bits per heavy atom. The van der Waals surface area contributed by atoms with Crippen LogP contribution in [0.15, 0.2) is 55.2 Å². The van der Waals surface area contributed by atoms with E-state index in [0.29, 0.717) is 29.5 Å². The van der Waals surface area contributed by atoms with E-state index in [4.69, 9.17) is 14.2 Å². The number of nitriles is 1. The molecule has 248 valence electrons. The summed E-state index contributed by atoms with van der Waals surface area (Å²) in [5.41, 5.74) is 2.02. The van der Waals surface area contributed by atoms with Gasteiger partial charge in [0.05, 0.1) is 37.6 Å². The summed E-state index contributed by atoms with van der Waals surface area (Å²) in [5, 5.41) is 21.2. The van der Waals surface area contributed by atoms with E-state index in [1.807, 2.05) is 19.2 Å². The third kappa shape index (κ3) is 8.38. The number of benzene rings is 1.